The van der Waals surface area contributed by atoms with Gasteiger partial charge in [0, 0.05) is 0 Å². The molecule has 0 saturated heterocycles. The van der Waals surface area contributed by atoms with Crippen LogP contribution in [-0.2, 0) is 0 Å². The molecular weight excluding hydrogens is 199 g/mol. The molecule has 0 heterocycles. The van der Waals surface area contributed by atoms with Crippen LogP contribution < -0.4 is 0 Å². The Kier molecular flexibility index (Phi) is 3.41. The Morgan fingerprint density at radius 3 is 2.55 bits per heavy atom. The zero-order valence-corrected chi connectivity index (χ0v) is 8.42. The fourth-order valence-corrected chi connectivity index (χ4v) is 2.25. The first-order valence-corrected chi connectivity index (χ1v) is 5.78. The molecule has 0 N–H and O–H groups in total. The summed E-state index contributed by atoms with van der Waals surface area (Å²) in [7, 11) is 0. The van der Waals surface area contributed by atoms with Gasteiger partial charge in [0.15, 0.2) is 0 Å². The first-order valence-electron chi connectivity index (χ1n) is 3.71. The minimum absolute atomic E-state index is 0.585. The van der Waals surface area contributed by atoms with Crippen LogP contribution in [0.3, 0.4) is 0 Å². The van der Waals surface area contributed by atoms with Crippen molar-refractivity contribution >= 4 is 19.4 Å². The van der Waals surface area contributed by atoms with Crippen molar-refractivity contribution in [2.75, 3.05) is 0 Å². The summed E-state index contributed by atoms with van der Waals surface area (Å²) in [5.41, 5.74) is 1.30. The van der Waals surface area contributed by atoms with E-state index in [4.69, 9.17) is 0 Å². The van der Waals surface area contributed by atoms with Crippen molar-refractivity contribution in [2.45, 2.75) is 12.2 Å². The zero-order chi connectivity index (χ0) is 8.10. The van der Waals surface area contributed by atoms with Gasteiger partial charge in [0.2, 0.25) is 0 Å². The average Bonchev–Trinajstić information content (AvgIpc) is 2.07. The molecule has 0 aliphatic rings. The van der Waals surface area contributed by atoms with E-state index in [0.29, 0.717) is 15.0 Å². The molecule has 1 aromatic rings. The third-order valence-electron chi connectivity index (χ3n) is 1.41. The second-order valence-corrected chi connectivity index (χ2v) is 5.07. The Morgan fingerprint density at radius 2 is 2.00 bits per heavy atom. The van der Waals surface area contributed by atoms with Crippen LogP contribution in [0.25, 0.3) is 4.47 Å². The predicted molar refractivity (Wildman–Crippen MR) is 51.7 cm³/mol. The van der Waals surface area contributed by atoms with Crippen molar-refractivity contribution in [1.82, 2.24) is 0 Å². The SMILES string of the molecule is C=C([Se]CC)c1ccccc1. The predicted octanol–water partition coefficient (Wildman–Crippen LogP) is 2.80. The molecule has 58 valence electrons. The van der Waals surface area contributed by atoms with E-state index in [1.807, 2.05) is 6.07 Å². The number of hydrogen-bond acceptors (Lipinski definition) is 0. The summed E-state index contributed by atoms with van der Waals surface area (Å²) in [5, 5.41) is 1.24. The van der Waals surface area contributed by atoms with Gasteiger partial charge in [-0.05, 0) is 0 Å². The van der Waals surface area contributed by atoms with Crippen molar-refractivity contribution in [3.05, 3.63) is 42.5 Å². The third kappa shape index (κ3) is 2.53. The first kappa shape index (κ1) is 8.57. The van der Waals surface area contributed by atoms with Crippen LogP contribution in [0.15, 0.2) is 36.9 Å². The summed E-state index contributed by atoms with van der Waals surface area (Å²) in [4.78, 5) is 0. The molecule has 0 atom stereocenters. The Morgan fingerprint density at radius 1 is 1.36 bits per heavy atom. The molecule has 1 rings (SSSR count). The van der Waals surface area contributed by atoms with E-state index in [-0.39, 0.29) is 0 Å². The van der Waals surface area contributed by atoms with Gasteiger partial charge in [0.25, 0.3) is 0 Å². The van der Waals surface area contributed by atoms with Crippen LogP contribution in [-0.4, -0.2) is 15.0 Å². The van der Waals surface area contributed by atoms with Gasteiger partial charge in [-0.2, -0.15) is 0 Å². The Bertz CT molecular complexity index is 226. The number of rotatable bonds is 3. The van der Waals surface area contributed by atoms with Gasteiger partial charge in [-0.3, -0.25) is 0 Å². The molecule has 0 spiro atoms. The third-order valence-corrected chi connectivity index (χ3v) is 3.25. The number of hydrogen-bond donors (Lipinski definition) is 0. The molecule has 0 amide bonds. The second-order valence-electron chi connectivity index (χ2n) is 2.22. The van der Waals surface area contributed by atoms with Crippen molar-refractivity contribution in [3.63, 3.8) is 0 Å². The van der Waals surface area contributed by atoms with Gasteiger partial charge in [-0.25, -0.2) is 0 Å². The standard InChI is InChI=1S/C10H12Se/c1-3-11-9(2)10-7-5-4-6-8-10/h4-8H,2-3H2,1H3. The molecule has 0 saturated carbocycles. The van der Waals surface area contributed by atoms with Crippen molar-refractivity contribution < 1.29 is 0 Å². The Hall–Kier alpha value is -0.521. The van der Waals surface area contributed by atoms with Crippen molar-refractivity contribution in [1.29, 1.82) is 0 Å². The van der Waals surface area contributed by atoms with E-state index in [9.17, 15) is 0 Å². The monoisotopic (exact) mass is 212 g/mol. The van der Waals surface area contributed by atoms with Gasteiger partial charge < -0.3 is 0 Å². The normalized spacial score (nSPS) is 9.55. The van der Waals surface area contributed by atoms with Gasteiger partial charge in [0.05, 0.1) is 0 Å². The molecule has 0 aromatic heterocycles. The summed E-state index contributed by atoms with van der Waals surface area (Å²) in [6.45, 7) is 6.24. The molecule has 1 aromatic carbocycles. The topological polar surface area (TPSA) is 0 Å². The Balaban J connectivity index is 2.69. The summed E-state index contributed by atoms with van der Waals surface area (Å²) in [6.07, 6.45) is 0. The summed E-state index contributed by atoms with van der Waals surface area (Å²) >= 11 is 0.585. The van der Waals surface area contributed by atoms with Crippen molar-refractivity contribution in [3.8, 4) is 0 Å². The molecule has 0 unspecified atom stereocenters. The summed E-state index contributed by atoms with van der Waals surface area (Å²) < 4.78 is 1.31. The fourth-order valence-electron chi connectivity index (χ4n) is 0.882. The average molecular weight is 211 g/mol. The molecule has 11 heavy (non-hydrogen) atoms. The van der Waals surface area contributed by atoms with Crippen LogP contribution in [0.1, 0.15) is 12.5 Å². The van der Waals surface area contributed by atoms with Gasteiger partial charge >= 0.3 is 74.1 Å². The molecule has 0 fully saturated rings. The van der Waals surface area contributed by atoms with E-state index in [1.165, 1.54) is 15.4 Å². The van der Waals surface area contributed by atoms with E-state index in [2.05, 4.69) is 37.8 Å². The van der Waals surface area contributed by atoms with E-state index in [0.717, 1.165) is 0 Å². The van der Waals surface area contributed by atoms with Gasteiger partial charge in [-0.15, -0.1) is 0 Å². The van der Waals surface area contributed by atoms with Crippen LogP contribution in [0.2, 0.25) is 5.32 Å². The van der Waals surface area contributed by atoms with Crippen LogP contribution >= 0.6 is 0 Å². The molecule has 0 radical (unpaired) electrons. The zero-order valence-electron chi connectivity index (χ0n) is 6.71. The summed E-state index contributed by atoms with van der Waals surface area (Å²) in [6, 6.07) is 10.4. The molecule has 0 aliphatic heterocycles. The van der Waals surface area contributed by atoms with E-state index >= 15 is 0 Å². The maximum absolute atomic E-state index is 4.04. The van der Waals surface area contributed by atoms with E-state index < -0.39 is 0 Å². The van der Waals surface area contributed by atoms with Gasteiger partial charge in [0.1, 0.15) is 0 Å². The molecule has 0 nitrogen and oxygen atoms in total. The minimum atomic E-state index is 0.585. The first-order chi connectivity index (χ1) is 5.34. The van der Waals surface area contributed by atoms with Gasteiger partial charge in [-0.1, -0.05) is 0 Å². The van der Waals surface area contributed by atoms with Crippen molar-refractivity contribution in [2.24, 2.45) is 0 Å². The maximum atomic E-state index is 4.04. The second kappa shape index (κ2) is 4.38. The molecule has 0 bridgehead atoms. The fraction of sp³-hybridized carbons (Fsp3) is 0.200. The Labute approximate surface area is 74.5 Å². The van der Waals surface area contributed by atoms with Crippen LogP contribution in [0, 0.1) is 0 Å². The van der Waals surface area contributed by atoms with E-state index in [1.54, 1.807) is 0 Å². The molecule has 0 aliphatic carbocycles. The quantitative estimate of drug-likeness (QED) is 0.674. The molecule has 1 heteroatoms. The summed E-state index contributed by atoms with van der Waals surface area (Å²) in [5.74, 6) is 0. The van der Waals surface area contributed by atoms with Crippen LogP contribution in [0.5, 0.6) is 0 Å². The number of benzene rings is 1. The molecular formula is C10H12Se. The van der Waals surface area contributed by atoms with Crippen LogP contribution in [0.4, 0.5) is 0 Å².